The van der Waals surface area contributed by atoms with Crippen molar-refractivity contribution in [3.05, 3.63) is 17.2 Å². The van der Waals surface area contributed by atoms with E-state index in [9.17, 15) is 5.11 Å². The number of halogens is 1. The SMILES string of the molecule is Cn1cnc(Cl)c1CCC1(O)CC1. The number of hydrogen-bond donors (Lipinski definition) is 1. The Labute approximate surface area is 82.4 Å². The van der Waals surface area contributed by atoms with Crippen LogP contribution < -0.4 is 0 Å². The van der Waals surface area contributed by atoms with Gasteiger partial charge in [0.2, 0.25) is 0 Å². The second kappa shape index (κ2) is 3.00. The van der Waals surface area contributed by atoms with Gasteiger partial charge in [-0.2, -0.15) is 0 Å². The van der Waals surface area contributed by atoms with Crippen LogP contribution in [0.3, 0.4) is 0 Å². The summed E-state index contributed by atoms with van der Waals surface area (Å²) in [6.45, 7) is 0. The van der Waals surface area contributed by atoms with Crippen LogP contribution in [-0.2, 0) is 13.5 Å². The van der Waals surface area contributed by atoms with E-state index in [4.69, 9.17) is 11.6 Å². The Morgan fingerprint density at radius 3 is 2.85 bits per heavy atom. The first-order valence-corrected chi connectivity index (χ1v) is 4.87. The van der Waals surface area contributed by atoms with Gasteiger partial charge in [0, 0.05) is 7.05 Å². The fourth-order valence-electron chi connectivity index (χ4n) is 1.45. The zero-order valence-electron chi connectivity index (χ0n) is 7.63. The Morgan fingerprint density at radius 2 is 2.38 bits per heavy atom. The summed E-state index contributed by atoms with van der Waals surface area (Å²) in [6.07, 6.45) is 5.18. The topological polar surface area (TPSA) is 38.0 Å². The summed E-state index contributed by atoms with van der Waals surface area (Å²) in [5, 5.41) is 10.2. The molecule has 1 heterocycles. The molecular weight excluding hydrogens is 188 g/mol. The van der Waals surface area contributed by atoms with Crippen molar-refractivity contribution in [2.75, 3.05) is 0 Å². The highest BCUT2D eigenvalue weighted by Gasteiger charge is 2.39. The lowest BCUT2D eigenvalue weighted by atomic mass is 10.1. The van der Waals surface area contributed by atoms with E-state index in [1.165, 1.54) is 0 Å². The van der Waals surface area contributed by atoms with Crippen LogP contribution in [0.15, 0.2) is 6.33 Å². The van der Waals surface area contributed by atoms with Crippen molar-refractivity contribution in [2.45, 2.75) is 31.3 Å². The highest BCUT2D eigenvalue weighted by Crippen LogP contribution is 2.39. The Kier molecular flexibility index (Phi) is 2.08. The van der Waals surface area contributed by atoms with Gasteiger partial charge in [0.15, 0.2) is 0 Å². The van der Waals surface area contributed by atoms with E-state index in [0.29, 0.717) is 5.15 Å². The predicted molar refractivity (Wildman–Crippen MR) is 50.7 cm³/mol. The van der Waals surface area contributed by atoms with E-state index in [1.54, 1.807) is 6.33 Å². The smallest absolute Gasteiger partial charge is 0.150 e. The molecule has 13 heavy (non-hydrogen) atoms. The molecular formula is C9H13ClN2O. The zero-order chi connectivity index (χ0) is 9.47. The average Bonchev–Trinajstić information content (AvgIpc) is 2.72. The van der Waals surface area contributed by atoms with Gasteiger partial charge in [0.25, 0.3) is 0 Å². The maximum atomic E-state index is 9.64. The molecule has 72 valence electrons. The second-order valence-electron chi connectivity index (χ2n) is 3.82. The standard InChI is InChI=1S/C9H13ClN2O/c1-12-6-11-8(10)7(12)2-3-9(13)4-5-9/h6,13H,2-5H2,1H3. The number of aromatic nitrogens is 2. The molecule has 4 heteroatoms. The first-order valence-electron chi connectivity index (χ1n) is 4.49. The van der Waals surface area contributed by atoms with E-state index in [2.05, 4.69) is 4.98 Å². The molecule has 0 spiro atoms. The van der Waals surface area contributed by atoms with Crippen molar-refractivity contribution < 1.29 is 5.11 Å². The molecule has 1 aromatic rings. The van der Waals surface area contributed by atoms with Crippen molar-refractivity contribution in [3.8, 4) is 0 Å². The van der Waals surface area contributed by atoms with Gasteiger partial charge >= 0.3 is 0 Å². The number of rotatable bonds is 3. The quantitative estimate of drug-likeness (QED) is 0.804. The van der Waals surface area contributed by atoms with Crippen LogP contribution >= 0.6 is 11.6 Å². The van der Waals surface area contributed by atoms with E-state index < -0.39 is 5.60 Å². The van der Waals surface area contributed by atoms with Gasteiger partial charge in [0.1, 0.15) is 5.15 Å². The summed E-state index contributed by atoms with van der Waals surface area (Å²) >= 11 is 5.88. The van der Waals surface area contributed by atoms with E-state index in [0.717, 1.165) is 31.4 Å². The van der Waals surface area contributed by atoms with Crippen LogP contribution in [0.25, 0.3) is 0 Å². The van der Waals surface area contributed by atoms with Gasteiger partial charge in [-0.3, -0.25) is 0 Å². The third kappa shape index (κ3) is 1.86. The Balaban J connectivity index is 2.00. The highest BCUT2D eigenvalue weighted by atomic mass is 35.5. The van der Waals surface area contributed by atoms with Crippen molar-refractivity contribution in [1.82, 2.24) is 9.55 Å². The summed E-state index contributed by atoms with van der Waals surface area (Å²) in [4.78, 5) is 3.98. The first kappa shape index (κ1) is 9.03. The Hall–Kier alpha value is -0.540. The molecule has 2 rings (SSSR count). The molecule has 1 aliphatic rings. The second-order valence-corrected chi connectivity index (χ2v) is 4.18. The van der Waals surface area contributed by atoms with Crippen molar-refractivity contribution >= 4 is 11.6 Å². The summed E-state index contributed by atoms with van der Waals surface area (Å²) in [6, 6.07) is 0. The molecule has 0 bridgehead atoms. The van der Waals surface area contributed by atoms with Gasteiger partial charge < -0.3 is 9.67 Å². The van der Waals surface area contributed by atoms with Gasteiger partial charge in [0.05, 0.1) is 17.6 Å². The third-order valence-electron chi connectivity index (χ3n) is 2.66. The lowest BCUT2D eigenvalue weighted by Gasteiger charge is -2.07. The van der Waals surface area contributed by atoms with Crippen molar-refractivity contribution in [2.24, 2.45) is 7.05 Å². The van der Waals surface area contributed by atoms with Crippen LogP contribution in [0.1, 0.15) is 25.0 Å². The molecule has 0 aliphatic heterocycles. The normalized spacial score (nSPS) is 19.0. The minimum absolute atomic E-state index is 0.395. The molecule has 1 N–H and O–H groups in total. The van der Waals surface area contributed by atoms with Gasteiger partial charge in [-0.1, -0.05) is 11.6 Å². The van der Waals surface area contributed by atoms with E-state index >= 15 is 0 Å². The van der Waals surface area contributed by atoms with E-state index in [1.807, 2.05) is 11.6 Å². The fraction of sp³-hybridized carbons (Fsp3) is 0.667. The van der Waals surface area contributed by atoms with Crippen LogP contribution in [-0.4, -0.2) is 20.3 Å². The average molecular weight is 201 g/mol. The van der Waals surface area contributed by atoms with Crippen molar-refractivity contribution in [1.29, 1.82) is 0 Å². The molecule has 0 radical (unpaired) electrons. The molecule has 0 unspecified atom stereocenters. The number of aryl methyl sites for hydroxylation is 1. The minimum Gasteiger partial charge on any atom is -0.390 e. The first-order chi connectivity index (χ1) is 6.11. The molecule has 3 nitrogen and oxygen atoms in total. The zero-order valence-corrected chi connectivity index (χ0v) is 8.38. The summed E-state index contributed by atoms with van der Waals surface area (Å²) < 4.78 is 1.91. The van der Waals surface area contributed by atoms with Crippen LogP contribution in [0.2, 0.25) is 5.15 Å². The van der Waals surface area contributed by atoms with Gasteiger partial charge in [-0.05, 0) is 25.7 Å². The molecule has 1 aliphatic carbocycles. The van der Waals surface area contributed by atoms with Crippen LogP contribution in [0.5, 0.6) is 0 Å². The summed E-state index contributed by atoms with van der Waals surface area (Å²) in [5.41, 5.74) is 0.620. The van der Waals surface area contributed by atoms with E-state index in [-0.39, 0.29) is 0 Å². The van der Waals surface area contributed by atoms with Gasteiger partial charge in [-0.15, -0.1) is 0 Å². The number of imidazole rings is 1. The minimum atomic E-state index is -0.395. The largest absolute Gasteiger partial charge is 0.390 e. The predicted octanol–water partition coefficient (Wildman–Crippen LogP) is 1.53. The molecule has 1 aromatic heterocycles. The Bertz CT molecular complexity index is 298. The summed E-state index contributed by atoms with van der Waals surface area (Å²) in [5.74, 6) is 0. The molecule has 0 amide bonds. The molecule has 1 fully saturated rings. The van der Waals surface area contributed by atoms with Crippen molar-refractivity contribution in [3.63, 3.8) is 0 Å². The number of hydrogen-bond acceptors (Lipinski definition) is 2. The lowest BCUT2D eigenvalue weighted by molar-refractivity contribution is 0.140. The van der Waals surface area contributed by atoms with Gasteiger partial charge in [-0.25, -0.2) is 4.98 Å². The maximum absolute atomic E-state index is 9.64. The van der Waals surface area contributed by atoms with Crippen LogP contribution in [0, 0.1) is 0 Å². The lowest BCUT2D eigenvalue weighted by Crippen LogP contribution is -2.09. The highest BCUT2D eigenvalue weighted by molar-refractivity contribution is 6.30. The molecule has 0 aromatic carbocycles. The maximum Gasteiger partial charge on any atom is 0.150 e. The fourth-order valence-corrected chi connectivity index (χ4v) is 1.72. The summed E-state index contributed by atoms with van der Waals surface area (Å²) in [7, 11) is 1.92. The molecule has 0 saturated heterocycles. The third-order valence-corrected chi connectivity index (χ3v) is 2.98. The number of aliphatic hydroxyl groups is 1. The molecule has 0 atom stereocenters. The number of nitrogens with zero attached hydrogens (tertiary/aromatic N) is 2. The molecule has 1 saturated carbocycles. The van der Waals surface area contributed by atoms with Crippen LogP contribution in [0.4, 0.5) is 0 Å². The monoisotopic (exact) mass is 200 g/mol. The Morgan fingerprint density at radius 1 is 1.69 bits per heavy atom.